The Balaban J connectivity index is 1.70. The van der Waals surface area contributed by atoms with Gasteiger partial charge in [0.1, 0.15) is 17.3 Å². The largest absolute Gasteiger partial charge is 0.492 e. The maximum atomic E-state index is 5.76. The highest BCUT2D eigenvalue weighted by Gasteiger charge is 2.15. The molecule has 0 spiro atoms. The summed E-state index contributed by atoms with van der Waals surface area (Å²) < 4.78 is 11.5. The van der Waals surface area contributed by atoms with Crippen molar-refractivity contribution in [2.75, 3.05) is 33.4 Å². The molecule has 116 valence electrons. The Morgan fingerprint density at radius 2 is 2.33 bits per heavy atom. The molecule has 0 amide bonds. The van der Waals surface area contributed by atoms with Crippen LogP contribution in [0, 0.1) is 0 Å². The zero-order valence-electron chi connectivity index (χ0n) is 12.6. The summed E-state index contributed by atoms with van der Waals surface area (Å²) in [6.07, 6.45) is 4.02. The van der Waals surface area contributed by atoms with Crippen molar-refractivity contribution in [1.82, 2.24) is 4.90 Å². The van der Waals surface area contributed by atoms with E-state index in [1.807, 2.05) is 24.3 Å². The molecule has 1 aromatic carbocycles. The monoisotopic (exact) mass is 308 g/mol. The van der Waals surface area contributed by atoms with Crippen LogP contribution in [0.3, 0.4) is 0 Å². The lowest BCUT2D eigenvalue weighted by Gasteiger charge is -2.27. The van der Waals surface area contributed by atoms with Crippen LogP contribution in [0.25, 0.3) is 0 Å². The normalized spacial score (nSPS) is 18.7. The third kappa shape index (κ3) is 5.61. The second kappa shape index (κ2) is 8.32. The lowest BCUT2D eigenvalue weighted by Crippen LogP contribution is -2.35. The molecule has 1 aromatic rings. The van der Waals surface area contributed by atoms with E-state index < -0.39 is 0 Å². The van der Waals surface area contributed by atoms with Crippen LogP contribution >= 0.6 is 12.2 Å². The molecule has 1 aliphatic heterocycles. The zero-order chi connectivity index (χ0) is 15.1. The van der Waals surface area contributed by atoms with Gasteiger partial charge >= 0.3 is 0 Å². The molecule has 0 saturated carbocycles. The van der Waals surface area contributed by atoms with Crippen LogP contribution < -0.4 is 10.5 Å². The molecule has 1 fully saturated rings. The third-order valence-electron chi connectivity index (χ3n) is 3.65. The molecule has 0 radical (unpaired) electrons. The molecule has 1 aliphatic rings. The first-order valence-corrected chi connectivity index (χ1v) is 7.89. The highest BCUT2D eigenvalue weighted by Crippen LogP contribution is 2.14. The number of hydrogen-bond acceptors (Lipinski definition) is 4. The molecule has 0 aromatic heterocycles. The quantitative estimate of drug-likeness (QED) is 0.783. The van der Waals surface area contributed by atoms with Gasteiger partial charge in [-0.25, -0.2) is 0 Å². The summed E-state index contributed by atoms with van der Waals surface area (Å²) in [6.45, 7) is 3.39. The molecular weight excluding hydrogens is 284 g/mol. The van der Waals surface area contributed by atoms with Crippen LogP contribution in [0.5, 0.6) is 5.75 Å². The molecule has 2 rings (SSSR count). The predicted octanol–water partition coefficient (Wildman–Crippen LogP) is 2.20. The van der Waals surface area contributed by atoms with Gasteiger partial charge in [0.2, 0.25) is 0 Å². The van der Waals surface area contributed by atoms with Gasteiger partial charge in [-0.05, 0) is 38.4 Å². The maximum absolute atomic E-state index is 5.76. The van der Waals surface area contributed by atoms with Gasteiger partial charge in [-0.2, -0.15) is 0 Å². The van der Waals surface area contributed by atoms with Crippen LogP contribution in [0.1, 0.15) is 24.8 Å². The van der Waals surface area contributed by atoms with E-state index in [1.54, 1.807) is 0 Å². The highest BCUT2D eigenvalue weighted by atomic mass is 32.1. The number of likely N-dealkylation sites (N-methyl/N-ethyl adjacent to an activating group) is 1. The van der Waals surface area contributed by atoms with Gasteiger partial charge in [0, 0.05) is 25.3 Å². The second-order valence-electron chi connectivity index (χ2n) is 5.49. The van der Waals surface area contributed by atoms with E-state index in [2.05, 4.69) is 11.9 Å². The molecule has 0 bridgehead atoms. The number of thiocarbonyl (C=S) groups is 1. The average Bonchev–Trinajstić information content (AvgIpc) is 2.48. The summed E-state index contributed by atoms with van der Waals surface area (Å²) in [7, 11) is 2.10. The van der Waals surface area contributed by atoms with Crippen molar-refractivity contribution in [3.63, 3.8) is 0 Å². The van der Waals surface area contributed by atoms with Gasteiger partial charge in [-0.1, -0.05) is 24.4 Å². The first-order chi connectivity index (χ1) is 10.1. The van der Waals surface area contributed by atoms with Crippen LogP contribution in [-0.2, 0) is 4.74 Å². The molecule has 0 aliphatic carbocycles. The fourth-order valence-corrected chi connectivity index (χ4v) is 2.58. The summed E-state index contributed by atoms with van der Waals surface area (Å²) >= 11 is 4.97. The number of nitrogens with zero attached hydrogens (tertiary/aromatic N) is 1. The van der Waals surface area contributed by atoms with Gasteiger partial charge in [-0.3, -0.25) is 0 Å². The van der Waals surface area contributed by atoms with Crippen molar-refractivity contribution in [1.29, 1.82) is 0 Å². The Morgan fingerprint density at radius 1 is 1.48 bits per heavy atom. The standard InChI is InChI=1S/C16H24N2O2S/c1-18(12-15-6-2-3-9-19-15)8-10-20-14-7-4-5-13(11-14)16(17)21/h4-5,7,11,15H,2-3,6,8-10,12H2,1H3,(H2,17,21). The second-order valence-corrected chi connectivity index (χ2v) is 5.93. The summed E-state index contributed by atoms with van der Waals surface area (Å²) in [5, 5.41) is 0. The summed E-state index contributed by atoms with van der Waals surface area (Å²) in [5.74, 6) is 0.808. The van der Waals surface area contributed by atoms with Crippen LogP contribution in [0.4, 0.5) is 0 Å². The van der Waals surface area contributed by atoms with E-state index in [0.717, 1.165) is 31.0 Å². The Labute approximate surface area is 132 Å². The van der Waals surface area contributed by atoms with Gasteiger partial charge in [0.25, 0.3) is 0 Å². The van der Waals surface area contributed by atoms with E-state index in [-0.39, 0.29) is 0 Å². The van der Waals surface area contributed by atoms with Gasteiger partial charge < -0.3 is 20.1 Å². The van der Waals surface area contributed by atoms with E-state index in [1.165, 1.54) is 19.3 Å². The van der Waals surface area contributed by atoms with Gasteiger partial charge in [-0.15, -0.1) is 0 Å². The Hall–Kier alpha value is -1.17. The number of nitrogens with two attached hydrogens (primary N) is 1. The minimum Gasteiger partial charge on any atom is -0.492 e. The molecule has 5 heteroatoms. The van der Waals surface area contributed by atoms with Crippen molar-refractivity contribution >= 4 is 17.2 Å². The fourth-order valence-electron chi connectivity index (χ4n) is 2.45. The highest BCUT2D eigenvalue weighted by molar-refractivity contribution is 7.80. The molecule has 21 heavy (non-hydrogen) atoms. The van der Waals surface area contributed by atoms with Crippen molar-refractivity contribution in [3.8, 4) is 5.75 Å². The summed E-state index contributed by atoms with van der Waals surface area (Å²) in [4.78, 5) is 2.65. The minimum atomic E-state index is 0.377. The Bertz CT molecular complexity index is 461. The third-order valence-corrected chi connectivity index (χ3v) is 3.89. The fraction of sp³-hybridized carbons (Fsp3) is 0.562. The lowest BCUT2D eigenvalue weighted by molar-refractivity contribution is -0.00282. The number of benzene rings is 1. The van der Waals surface area contributed by atoms with Crippen molar-refractivity contribution in [3.05, 3.63) is 29.8 Å². The SMILES string of the molecule is CN(CCOc1cccc(C(N)=S)c1)CC1CCCCO1. The Kier molecular flexibility index (Phi) is 6.42. The van der Waals surface area contributed by atoms with Gasteiger partial charge in [0.05, 0.1) is 6.10 Å². The summed E-state index contributed by atoms with van der Waals surface area (Å²) in [5.41, 5.74) is 6.46. The number of rotatable bonds is 7. The number of ether oxygens (including phenoxy) is 2. The number of hydrogen-bond donors (Lipinski definition) is 1. The zero-order valence-corrected chi connectivity index (χ0v) is 13.4. The molecule has 1 unspecified atom stereocenters. The predicted molar refractivity (Wildman–Crippen MR) is 88.9 cm³/mol. The first-order valence-electron chi connectivity index (χ1n) is 7.48. The topological polar surface area (TPSA) is 47.7 Å². The van der Waals surface area contributed by atoms with Crippen molar-refractivity contribution in [2.24, 2.45) is 5.73 Å². The average molecular weight is 308 g/mol. The minimum absolute atomic E-state index is 0.377. The molecule has 1 atom stereocenters. The van der Waals surface area contributed by atoms with Crippen molar-refractivity contribution < 1.29 is 9.47 Å². The first kappa shape index (κ1) is 16.2. The molecule has 2 N–H and O–H groups in total. The molecule has 1 saturated heterocycles. The van der Waals surface area contributed by atoms with Crippen molar-refractivity contribution in [2.45, 2.75) is 25.4 Å². The molecule has 1 heterocycles. The van der Waals surface area contributed by atoms with Crippen LogP contribution in [0.2, 0.25) is 0 Å². The van der Waals surface area contributed by atoms with Crippen LogP contribution in [-0.4, -0.2) is 49.3 Å². The molecule has 4 nitrogen and oxygen atoms in total. The van der Waals surface area contributed by atoms with E-state index >= 15 is 0 Å². The van der Waals surface area contributed by atoms with Crippen LogP contribution in [0.15, 0.2) is 24.3 Å². The van der Waals surface area contributed by atoms with E-state index in [9.17, 15) is 0 Å². The van der Waals surface area contributed by atoms with E-state index in [0.29, 0.717) is 17.7 Å². The maximum Gasteiger partial charge on any atom is 0.120 e. The smallest absolute Gasteiger partial charge is 0.120 e. The molecular formula is C16H24N2O2S. The van der Waals surface area contributed by atoms with Gasteiger partial charge in [0.15, 0.2) is 0 Å². The summed E-state index contributed by atoms with van der Waals surface area (Å²) in [6, 6.07) is 7.60. The lowest BCUT2D eigenvalue weighted by atomic mass is 10.1. The Morgan fingerprint density at radius 3 is 3.05 bits per heavy atom. The van der Waals surface area contributed by atoms with E-state index in [4.69, 9.17) is 27.4 Å².